The number of cyclic esters (lactones) is 1. The summed E-state index contributed by atoms with van der Waals surface area (Å²) >= 11 is 0. The summed E-state index contributed by atoms with van der Waals surface area (Å²) in [5.74, 6) is 0.143. The first-order valence-corrected chi connectivity index (χ1v) is 6.02. The van der Waals surface area contributed by atoms with Gasteiger partial charge in [-0.1, -0.05) is 60.7 Å². The van der Waals surface area contributed by atoms with Crippen LogP contribution in [0.25, 0.3) is 5.76 Å². The topological polar surface area (TPSA) is 35.5 Å². The molecule has 3 nitrogen and oxygen atoms in total. The molecule has 0 saturated heterocycles. The summed E-state index contributed by atoms with van der Waals surface area (Å²) in [6, 6.07) is 18.9. The van der Waals surface area contributed by atoms with Gasteiger partial charge in [-0.15, -0.1) is 0 Å². The Morgan fingerprint density at radius 1 is 0.789 bits per heavy atom. The van der Waals surface area contributed by atoms with Gasteiger partial charge in [-0.05, 0) is 0 Å². The van der Waals surface area contributed by atoms with Crippen molar-refractivity contribution >= 4 is 11.7 Å². The van der Waals surface area contributed by atoms with Gasteiger partial charge in [0.15, 0.2) is 0 Å². The zero-order valence-corrected chi connectivity index (χ0v) is 10.2. The second-order valence-corrected chi connectivity index (χ2v) is 4.17. The summed E-state index contributed by atoms with van der Waals surface area (Å²) in [5.41, 5.74) is 1.68. The van der Waals surface area contributed by atoms with Gasteiger partial charge in [0.05, 0.1) is 6.08 Å². The van der Waals surface area contributed by atoms with Crippen LogP contribution >= 0.6 is 0 Å². The fraction of sp³-hybridized carbons (Fsp3) is 0.0625. The molecule has 0 aromatic heterocycles. The van der Waals surface area contributed by atoms with Crippen molar-refractivity contribution in [3.63, 3.8) is 0 Å². The molecule has 0 amide bonds. The molecule has 0 unspecified atom stereocenters. The van der Waals surface area contributed by atoms with Crippen LogP contribution in [0.15, 0.2) is 66.7 Å². The summed E-state index contributed by atoms with van der Waals surface area (Å²) in [4.78, 5) is 11.7. The van der Waals surface area contributed by atoms with Crippen molar-refractivity contribution in [1.82, 2.24) is 0 Å². The quantitative estimate of drug-likeness (QED) is 0.769. The van der Waals surface area contributed by atoms with Crippen molar-refractivity contribution < 1.29 is 14.3 Å². The first kappa shape index (κ1) is 11.5. The van der Waals surface area contributed by atoms with Crippen molar-refractivity contribution in [3.8, 4) is 0 Å². The summed E-state index contributed by atoms with van der Waals surface area (Å²) in [5, 5.41) is 0. The molecule has 0 radical (unpaired) electrons. The fourth-order valence-electron chi connectivity index (χ4n) is 1.92. The van der Waals surface area contributed by atoms with Gasteiger partial charge < -0.3 is 9.47 Å². The molecule has 0 spiro atoms. The number of rotatable bonds is 2. The van der Waals surface area contributed by atoms with E-state index >= 15 is 0 Å². The molecule has 2 aromatic carbocycles. The molecule has 3 rings (SSSR count). The first-order valence-electron chi connectivity index (χ1n) is 6.02. The van der Waals surface area contributed by atoms with E-state index in [1.54, 1.807) is 0 Å². The van der Waals surface area contributed by atoms with Gasteiger partial charge >= 0.3 is 5.97 Å². The third-order valence-electron chi connectivity index (χ3n) is 2.84. The Morgan fingerprint density at radius 2 is 1.42 bits per heavy atom. The predicted octanol–water partition coefficient (Wildman–Crippen LogP) is 3.30. The number of hydrogen-bond acceptors (Lipinski definition) is 3. The van der Waals surface area contributed by atoms with E-state index in [4.69, 9.17) is 9.47 Å². The zero-order chi connectivity index (χ0) is 13.1. The maximum Gasteiger partial charge on any atom is 0.337 e. The molecule has 3 heteroatoms. The lowest BCUT2D eigenvalue weighted by Gasteiger charge is -2.24. The minimum atomic E-state index is -0.686. The molecular formula is C16H12O3. The molecule has 2 aromatic rings. The van der Waals surface area contributed by atoms with Crippen molar-refractivity contribution in [2.45, 2.75) is 6.29 Å². The van der Waals surface area contributed by atoms with Crippen molar-refractivity contribution in [3.05, 3.63) is 77.9 Å². The average Bonchev–Trinajstić information content (AvgIpc) is 2.48. The Balaban J connectivity index is 1.90. The van der Waals surface area contributed by atoms with Gasteiger partial charge in [-0.3, -0.25) is 0 Å². The Kier molecular flexibility index (Phi) is 3.02. The van der Waals surface area contributed by atoms with Gasteiger partial charge in [0.2, 0.25) is 0 Å². The lowest BCUT2D eigenvalue weighted by Crippen LogP contribution is -2.18. The normalized spacial score (nSPS) is 18.2. The van der Waals surface area contributed by atoms with Gasteiger partial charge in [0.1, 0.15) is 5.76 Å². The predicted molar refractivity (Wildman–Crippen MR) is 70.8 cm³/mol. The molecule has 1 atom stereocenters. The Bertz CT molecular complexity index is 602. The Labute approximate surface area is 111 Å². The van der Waals surface area contributed by atoms with E-state index in [1.165, 1.54) is 6.08 Å². The van der Waals surface area contributed by atoms with E-state index in [0.717, 1.165) is 11.1 Å². The highest BCUT2D eigenvalue weighted by Crippen LogP contribution is 2.30. The lowest BCUT2D eigenvalue weighted by atomic mass is 10.1. The highest BCUT2D eigenvalue weighted by atomic mass is 16.7. The maximum atomic E-state index is 11.7. The van der Waals surface area contributed by atoms with Crippen molar-refractivity contribution in [1.29, 1.82) is 0 Å². The number of ether oxygens (including phenoxy) is 2. The molecule has 0 saturated carbocycles. The number of esters is 1. The minimum absolute atomic E-state index is 0.390. The molecule has 0 N–H and O–H groups in total. The smallest absolute Gasteiger partial charge is 0.337 e. The van der Waals surface area contributed by atoms with Crippen molar-refractivity contribution in [2.75, 3.05) is 0 Å². The number of benzene rings is 2. The van der Waals surface area contributed by atoms with E-state index in [9.17, 15) is 4.79 Å². The summed E-state index contributed by atoms with van der Waals surface area (Å²) < 4.78 is 10.9. The monoisotopic (exact) mass is 252 g/mol. The highest BCUT2D eigenvalue weighted by molar-refractivity contribution is 5.90. The highest BCUT2D eigenvalue weighted by Gasteiger charge is 2.24. The van der Waals surface area contributed by atoms with Crippen LogP contribution in [0.4, 0.5) is 0 Å². The Morgan fingerprint density at radius 3 is 2.11 bits per heavy atom. The van der Waals surface area contributed by atoms with Gasteiger partial charge in [0.25, 0.3) is 6.29 Å². The SMILES string of the molecule is O=C1C=C(c2ccccc2)O[C@H](c2ccccc2)O1. The molecule has 1 heterocycles. The van der Waals surface area contributed by atoms with Crippen LogP contribution in [0.3, 0.4) is 0 Å². The zero-order valence-electron chi connectivity index (χ0n) is 10.2. The van der Waals surface area contributed by atoms with E-state index in [-0.39, 0.29) is 5.97 Å². The van der Waals surface area contributed by atoms with Gasteiger partial charge in [-0.2, -0.15) is 0 Å². The molecule has 0 bridgehead atoms. The second-order valence-electron chi connectivity index (χ2n) is 4.17. The van der Waals surface area contributed by atoms with Gasteiger partial charge in [0, 0.05) is 11.1 Å². The van der Waals surface area contributed by atoms with Crippen LogP contribution < -0.4 is 0 Å². The van der Waals surface area contributed by atoms with Crippen LogP contribution in [0.5, 0.6) is 0 Å². The van der Waals surface area contributed by atoms with E-state index in [2.05, 4.69) is 0 Å². The molecule has 0 aliphatic carbocycles. The van der Waals surface area contributed by atoms with Crippen LogP contribution in [-0.4, -0.2) is 5.97 Å². The second kappa shape index (κ2) is 4.98. The summed E-state index contributed by atoms with van der Waals surface area (Å²) in [7, 11) is 0. The van der Waals surface area contributed by atoms with Crippen LogP contribution in [0.2, 0.25) is 0 Å². The molecule has 94 valence electrons. The molecule has 19 heavy (non-hydrogen) atoms. The first-order chi connectivity index (χ1) is 9.33. The number of carbonyl (C=O) groups is 1. The van der Waals surface area contributed by atoms with E-state index in [1.807, 2.05) is 60.7 Å². The van der Waals surface area contributed by atoms with E-state index in [0.29, 0.717) is 5.76 Å². The fourth-order valence-corrected chi connectivity index (χ4v) is 1.92. The molecular weight excluding hydrogens is 240 g/mol. The van der Waals surface area contributed by atoms with Crippen LogP contribution in [0.1, 0.15) is 17.4 Å². The lowest BCUT2D eigenvalue weighted by molar-refractivity contribution is -0.166. The number of hydrogen-bond donors (Lipinski definition) is 0. The Hall–Kier alpha value is -2.55. The standard InChI is InChI=1S/C16H12O3/c17-15-11-14(12-7-3-1-4-8-12)18-16(19-15)13-9-5-2-6-10-13/h1-11,16H/t16-/m0/s1. The third kappa shape index (κ3) is 2.50. The van der Waals surface area contributed by atoms with Crippen LogP contribution in [0, 0.1) is 0 Å². The molecule has 0 fully saturated rings. The summed E-state index contributed by atoms with van der Waals surface area (Å²) in [6.45, 7) is 0. The van der Waals surface area contributed by atoms with Crippen LogP contribution in [-0.2, 0) is 14.3 Å². The third-order valence-corrected chi connectivity index (χ3v) is 2.84. The van der Waals surface area contributed by atoms with Crippen molar-refractivity contribution in [2.24, 2.45) is 0 Å². The summed E-state index contributed by atoms with van der Waals surface area (Å²) in [6.07, 6.45) is 0.684. The largest absolute Gasteiger partial charge is 0.450 e. The van der Waals surface area contributed by atoms with E-state index < -0.39 is 6.29 Å². The molecule has 1 aliphatic heterocycles. The maximum absolute atomic E-state index is 11.7. The molecule has 1 aliphatic rings. The number of carbonyl (C=O) groups excluding carboxylic acids is 1. The minimum Gasteiger partial charge on any atom is -0.450 e. The van der Waals surface area contributed by atoms with Gasteiger partial charge in [-0.25, -0.2) is 4.79 Å². The average molecular weight is 252 g/mol.